The Hall–Kier alpha value is -6.96. The Kier molecular flexibility index (Phi) is 7.31. The smallest absolute Gasteiger partial charge is 0.0714 e. The van der Waals surface area contributed by atoms with Crippen LogP contribution >= 0.6 is 0 Å². The lowest BCUT2D eigenvalue weighted by molar-refractivity contribution is 0.660. The highest BCUT2D eigenvalue weighted by Gasteiger charge is 2.47. The predicted molar refractivity (Wildman–Crippen MR) is 251 cm³/mol. The molecule has 0 unspecified atom stereocenters. The lowest BCUT2D eigenvalue weighted by Gasteiger charge is -2.35. The maximum absolute atomic E-state index is 2.58. The third-order valence-corrected chi connectivity index (χ3v) is 14.3. The highest BCUT2D eigenvalue weighted by atomic mass is 15.1. The van der Waals surface area contributed by atoms with Gasteiger partial charge in [-0.1, -0.05) is 198 Å². The maximum Gasteiger partial charge on any atom is 0.0714 e. The molecular formula is C59H45N. The summed E-state index contributed by atoms with van der Waals surface area (Å²) in [6.45, 7) is 9.56. The van der Waals surface area contributed by atoms with Gasteiger partial charge in [0.1, 0.15) is 0 Å². The molecule has 0 saturated carbocycles. The molecule has 0 fully saturated rings. The third-order valence-electron chi connectivity index (χ3n) is 14.3. The standard InChI is InChI=1S/C59H45N/c1-57(2)49-28-16-13-26-45(49)48-36-41(32-34-51(48)57)60(54-35-38-19-11-12-24-43(38)56-55(54)47-27-15-17-29-50(47)58(56,3)4)42-31-33-46-44-25-14-18-30-52(44)59(53(46)37-42,39-20-7-5-8-21-39)40-22-9-6-10-23-40/h5-37H,1-4H3. The molecule has 0 N–H and O–H groups in total. The molecule has 3 aliphatic carbocycles. The Morgan fingerprint density at radius 3 is 1.55 bits per heavy atom. The second-order valence-corrected chi connectivity index (χ2v) is 18.0. The van der Waals surface area contributed by atoms with Gasteiger partial charge in [0.2, 0.25) is 0 Å². The number of rotatable bonds is 5. The molecule has 1 nitrogen and oxygen atoms in total. The normalized spacial score (nSPS) is 15.4. The highest BCUT2D eigenvalue weighted by Crippen LogP contribution is 2.60. The molecule has 0 spiro atoms. The third kappa shape index (κ3) is 4.58. The summed E-state index contributed by atoms with van der Waals surface area (Å²) in [6, 6.07) is 75.5. The van der Waals surface area contributed by atoms with Crippen molar-refractivity contribution < 1.29 is 0 Å². The van der Waals surface area contributed by atoms with Gasteiger partial charge in [-0.2, -0.15) is 0 Å². The van der Waals surface area contributed by atoms with Gasteiger partial charge >= 0.3 is 0 Å². The van der Waals surface area contributed by atoms with Gasteiger partial charge in [-0.05, 0) is 113 Å². The second kappa shape index (κ2) is 12.5. The number of benzene rings is 9. The van der Waals surface area contributed by atoms with Crippen LogP contribution in [0.25, 0.3) is 44.2 Å². The lowest BCUT2D eigenvalue weighted by atomic mass is 9.67. The zero-order chi connectivity index (χ0) is 40.4. The van der Waals surface area contributed by atoms with E-state index in [1.807, 2.05) is 0 Å². The summed E-state index contributed by atoms with van der Waals surface area (Å²) in [5.41, 5.74) is 21.2. The lowest BCUT2D eigenvalue weighted by Crippen LogP contribution is -2.28. The highest BCUT2D eigenvalue weighted by molar-refractivity contribution is 6.06. The first-order chi connectivity index (χ1) is 29.3. The van der Waals surface area contributed by atoms with Gasteiger partial charge in [0.25, 0.3) is 0 Å². The van der Waals surface area contributed by atoms with Crippen LogP contribution in [0.15, 0.2) is 200 Å². The van der Waals surface area contributed by atoms with Gasteiger partial charge in [-0.3, -0.25) is 0 Å². The molecule has 0 radical (unpaired) electrons. The molecule has 0 heterocycles. The summed E-state index contributed by atoms with van der Waals surface area (Å²) in [5, 5.41) is 2.57. The van der Waals surface area contributed by atoms with Crippen LogP contribution in [0.4, 0.5) is 17.1 Å². The summed E-state index contributed by atoms with van der Waals surface area (Å²) < 4.78 is 0. The molecule has 0 aromatic heterocycles. The quantitative estimate of drug-likeness (QED) is 0.169. The van der Waals surface area contributed by atoms with Crippen LogP contribution in [0.5, 0.6) is 0 Å². The summed E-state index contributed by atoms with van der Waals surface area (Å²) in [7, 11) is 0. The van der Waals surface area contributed by atoms with Crippen molar-refractivity contribution in [2.24, 2.45) is 0 Å². The number of hydrogen-bond acceptors (Lipinski definition) is 1. The van der Waals surface area contributed by atoms with Crippen LogP contribution in [0, 0.1) is 0 Å². The van der Waals surface area contributed by atoms with E-state index >= 15 is 0 Å². The number of nitrogens with zero attached hydrogens (tertiary/aromatic N) is 1. The van der Waals surface area contributed by atoms with Crippen LogP contribution in [-0.2, 0) is 16.2 Å². The predicted octanol–water partition coefficient (Wildman–Crippen LogP) is 15.3. The van der Waals surface area contributed by atoms with Gasteiger partial charge in [-0.15, -0.1) is 0 Å². The van der Waals surface area contributed by atoms with Gasteiger partial charge in [0.05, 0.1) is 11.1 Å². The van der Waals surface area contributed by atoms with Gasteiger partial charge in [0, 0.05) is 27.8 Å². The van der Waals surface area contributed by atoms with Crippen molar-refractivity contribution in [2.75, 3.05) is 4.90 Å². The van der Waals surface area contributed by atoms with Crippen LogP contribution in [0.1, 0.15) is 72.2 Å². The average molecular weight is 768 g/mol. The van der Waals surface area contributed by atoms with Crippen LogP contribution in [-0.4, -0.2) is 0 Å². The van der Waals surface area contributed by atoms with E-state index < -0.39 is 5.41 Å². The number of anilines is 3. The largest absolute Gasteiger partial charge is 0.310 e. The summed E-state index contributed by atoms with van der Waals surface area (Å²) in [5.74, 6) is 0. The van der Waals surface area contributed by atoms with E-state index in [-0.39, 0.29) is 10.8 Å². The molecule has 60 heavy (non-hydrogen) atoms. The molecule has 0 saturated heterocycles. The van der Waals surface area contributed by atoms with E-state index in [0.29, 0.717) is 0 Å². The molecule has 0 bridgehead atoms. The SMILES string of the molecule is CC1(C)c2ccccc2-c2cc(N(c3ccc4c(c3)C(c3ccccc3)(c3ccccc3)c3ccccc3-4)c3cc4ccccc4c4c3-c3ccccc3C4(C)C)ccc21. The minimum absolute atomic E-state index is 0.0905. The molecule has 3 aliphatic rings. The van der Waals surface area contributed by atoms with E-state index in [4.69, 9.17) is 0 Å². The van der Waals surface area contributed by atoms with E-state index in [0.717, 1.165) is 11.4 Å². The molecule has 0 atom stereocenters. The zero-order valence-electron chi connectivity index (χ0n) is 34.5. The van der Waals surface area contributed by atoms with Gasteiger partial charge in [0.15, 0.2) is 0 Å². The molecule has 9 aromatic rings. The Morgan fingerprint density at radius 2 is 0.850 bits per heavy atom. The molecule has 9 aromatic carbocycles. The van der Waals surface area contributed by atoms with Crippen molar-refractivity contribution in [3.05, 3.63) is 245 Å². The van der Waals surface area contributed by atoms with E-state index in [9.17, 15) is 0 Å². The first kappa shape index (κ1) is 35.0. The van der Waals surface area contributed by atoms with E-state index in [2.05, 4.69) is 233 Å². The topological polar surface area (TPSA) is 3.24 Å². The number of hydrogen-bond donors (Lipinski definition) is 0. The van der Waals surface area contributed by atoms with Crippen LogP contribution < -0.4 is 4.90 Å². The number of fused-ring (bicyclic) bond motifs is 11. The summed E-state index contributed by atoms with van der Waals surface area (Å²) in [6.07, 6.45) is 0. The Labute approximate surface area is 353 Å². The first-order valence-corrected chi connectivity index (χ1v) is 21.4. The van der Waals surface area contributed by atoms with Crippen LogP contribution in [0.3, 0.4) is 0 Å². The Balaban J connectivity index is 1.20. The molecular weight excluding hydrogens is 723 g/mol. The molecule has 0 amide bonds. The van der Waals surface area contributed by atoms with E-state index in [1.165, 1.54) is 94.3 Å². The van der Waals surface area contributed by atoms with Crippen molar-refractivity contribution >= 4 is 27.8 Å². The maximum atomic E-state index is 2.58. The second-order valence-electron chi connectivity index (χ2n) is 18.0. The molecule has 0 aliphatic heterocycles. The van der Waals surface area contributed by atoms with Crippen molar-refractivity contribution in [3.8, 4) is 33.4 Å². The van der Waals surface area contributed by atoms with E-state index in [1.54, 1.807) is 0 Å². The van der Waals surface area contributed by atoms with Crippen molar-refractivity contribution in [1.82, 2.24) is 0 Å². The van der Waals surface area contributed by atoms with Gasteiger partial charge in [-0.25, -0.2) is 0 Å². The van der Waals surface area contributed by atoms with Crippen molar-refractivity contribution in [1.29, 1.82) is 0 Å². The average Bonchev–Trinajstić information content (AvgIpc) is 3.82. The monoisotopic (exact) mass is 767 g/mol. The van der Waals surface area contributed by atoms with Gasteiger partial charge < -0.3 is 4.90 Å². The van der Waals surface area contributed by atoms with Crippen LogP contribution in [0.2, 0.25) is 0 Å². The zero-order valence-corrected chi connectivity index (χ0v) is 34.5. The fraction of sp³-hybridized carbons (Fsp3) is 0.119. The fourth-order valence-electron chi connectivity index (χ4n) is 11.7. The molecule has 286 valence electrons. The van der Waals surface area contributed by atoms with Crippen molar-refractivity contribution in [2.45, 2.75) is 43.9 Å². The molecule has 1 heteroatoms. The fourth-order valence-corrected chi connectivity index (χ4v) is 11.7. The minimum Gasteiger partial charge on any atom is -0.310 e. The minimum atomic E-state index is -0.517. The summed E-state index contributed by atoms with van der Waals surface area (Å²) in [4.78, 5) is 2.58. The Bertz CT molecular complexity index is 3160. The first-order valence-electron chi connectivity index (χ1n) is 21.4. The van der Waals surface area contributed by atoms with Crippen molar-refractivity contribution in [3.63, 3.8) is 0 Å². The Morgan fingerprint density at radius 1 is 0.350 bits per heavy atom. The molecule has 12 rings (SSSR count). The summed E-state index contributed by atoms with van der Waals surface area (Å²) >= 11 is 0.